The van der Waals surface area contributed by atoms with Crippen LogP contribution < -0.4 is 0 Å². The van der Waals surface area contributed by atoms with Gasteiger partial charge in [0.15, 0.2) is 0 Å². The van der Waals surface area contributed by atoms with E-state index in [1.807, 2.05) is 60.4 Å². The molecule has 0 aliphatic carbocycles. The molecule has 1 amide bonds. The van der Waals surface area contributed by atoms with Crippen molar-refractivity contribution < 1.29 is 4.79 Å². The summed E-state index contributed by atoms with van der Waals surface area (Å²) in [5, 5.41) is 3.87. The molecule has 3 aromatic rings. The first kappa shape index (κ1) is 19.1. The van der Waals surface area contributed by atoms with E-state index in [4.69, 9.17) is 16.6 Å². The molecule has 2 aromatic carbocycles. The maximum Gasteiger partial charge on any atom is 0.253 e. The zero-order chi connectivity index (χ0) is 19.5. The van der Waals surface area contributed by atoms with Gasteiger partial charge in [0, 0.05) is 54.3 Å². The summed E-state index contributed by atoms with van der Waals surface area (Å²) in [6, 6.07) is 15.6. The molecule has 0 N–H and O–H groups in total. The maximum absolute atomic E-state index is 12.7. The van der Waals surface area contributed by atoms with E-state index in [-0.39, 0.29) is 5.91 Å². The fraction of sp³-hybridized carbons (Fsp3) is 0.273. The molecule has 1 aliphatic heterocycles. The number of thiazole rings is 1. The lowest BCUT2D eigenvalue weighted by Gasteiger charge is -2.34. The third kappa shape index (κ3) is 4.43. The van der Waals surface area contributed by atoms with Crippen LogP contribution in [0.3, 0.4) is 0 Å². The molecule has 0 radical (unpaired) electrons. The summed E-state index contributed by atoms with van der Waals surface area (Å²) in [6.07, 6.45) is 0. The first-order chi connectivity index (χ1) is 13.6. The van der Waals surface area contributed by atoms with E-state index in [0.29, 0.717) is 0 Å². The number of carbonyl (C=O) groups excluding carboxylic acids is 1. The van der Waals surface area contributed by atoms with Crippen LogP contribution >= 0.6 is 22.9 Å². The lowest BCUT2D eigenvalue weighted by atomic mass is 10.1. The minimum Gasteiger partial charge on any atom is -0.336 e. The number of hydrogen-bond donors (Lipinski definition) is 0. The fourth-order valence-corrected chi connectivity index (χ4v) is 4.35. The minimum atomic E-state index is 0.127. The van der Waals surface area contributed by atoms with Crippen molar-refractivity contribution in [2.24, 2.45) is 0 Å². The average Bonchev–Trinajstić information content (AvgIpc) is 3.17. The van der Waals surface area contributed by atoms with E-state index in [1.54, 1.807) is 11.3 Å². The van der Waals surface area contributed by atoms with Gasteiger partial charge in [0.1, 0.15) is 5.01 Å². The fourth-order valence-electron chi connectivity index (χ4n) is 3.40. The van der Waals surface area contributed by atoms with Crippen LogP contribution in [0, 0.1) is 6.92 Å². The molecule has 1 aliphatic rings. The lowest BCUT2D eigenvalue weighted by Crippen LogP contribution is -2.48. The Morgan fingerprint density at radius 1 is 1.11 bits per heavy atom. The Morgan fingerprint density at radius 3 is 2.57 bits per heavy atom. The standard InChI is InChI=1S/C22H22ClN3OS/c1-16-3-2-4-18(13-16)22(27)26-11-9-25(10-12-26)14-20-15-28-21(24-20)17-5-7-19(23)8-6-17/h2-8,13,15H,9-12,14H2,1H3. The third-order valence-corrected chi connectivity index (χ3v) is 6.15. The Hall–Kier alpha value is -2.21. The van der Waals surface area contributed by atoms with Crippen LogP contribution in [0.15, 0.2) is 53.9 Å². The minimum absolute atomic E-state index is 0.127. The van der Waals surface area contributed by atoms with Gasteiger partial charge in [-0.1, -0.05) is 41.4 Å². The number of amides is 1. The first-order valence-corrected chi connectivity index (χ1v) is 10.6. The topological polar surface area (TPSA) is 36.4 Å². The molecule has 1 aromatic heterocycles. The highest BCUT2D eigenvalue weighted by Gasteiger charge is 2.22. The smallest absolute Gasteiger partial charge is 0.253 e. The number of halogens is 1. The van der Waals surface area contributed by atoms with Crippen LogP contribution in [0.25, 0.3) is 10.6 Å². The Kier molecular flexibility index (Phi) is 5.76. The zero-order valence-corrected chi connectivity index (χ0v) is 17.3. The predicted molar refractivity (Wildman–Crippen MR) is 115 cm³/mol. The van der Waals surface area contributed by atoms with E-state index in [0.717, 1.165) is 65.1 Å². The van der Waals surface area contributed by atoms with Crippen molar-refractivity contribution in [3.05, 3.63) is 75.8 Å². The summed E-state index contributed by atoms with van der Waals surface area (Å²) >= 11 is 7.62. The van der Waals surface area contributed by atoms with Gasteiger partial charge < -0.3 is 4.90 Å². The van der Waals surface area contributed by atoms with Crippen molar-refractivity contribution in [3.8, 4) is 10.6 Å². The van der Waals surface area contributed by atoms with Crippen molar-refractivity contribution in [2.75, 3.05) is 26.2 Å². The summed E-state index contributed by atoms with van der Waals surface area (Å²) in [6.45, 7) is 6.07. The molecule has 0 unspecified atom stereocenters. The number of piperazine rings is 1. The summed E-state index contributed by atoms with van der Waals surface area (Å²) in [5.41, 5.74) is 4.06. The van der Waals surface area contributed by atoms with Crippen molar-refractivity contribution in [1.82, 2.24) is 14.8 Å². The zero-order valence-electron chi connectivity index (χ0n) is 15.8. The molecule has 0 atom stereocenters. The molecule has 1 saturated heterocycles. The Balaban J connectivity index is 1.33. The van der Waals surface area contributed by atoms with Crippen LogP contribution in [0.2, 0.25) is 5.02 Å². The van der Waals surface area contributed by atoms with E-state index >= 15 is 0 Å². The second kappa shape index (κ2) is 8.43. The molecule has 4 rings (SSSR count). The summed E-state index contributed by atoms with van der Waals surface area (Å²) < 4.78 is 0. The molecule has 0 saturated carbocycles. The monoisotopic (exact) mass is 411 g/mol. The molecule has 28 heavy (non-hydrogen) atoms. The normalized spacial score (nSPS) is 15.0. The highest BCUT2D eigenvalue weighted by atomic mass is 35.5. The second-order valence-corrected chi connectivity index (χ2v) is 8.38. The molecule has 144 valence electrons. The molecule has 0 bridgehead atoms. The van der Waals surface area contributed by atoms with E-state index in [9.17, 15) is 4.79 Å². The van der Waals surface area contributed by atoms with Gasteiger partial charge in [0.2, 0.25) is 0 Å². The van der Waals surface area contributed by atoms with Gasteiger partial charge in [-0.25, -0.2) is 4.98 Å². The first-order valence-electron chi connectivity index (χ1n) is 9.37. The van der Waals surface area contributed by atoms with Gasteiger partial charge in [-0.2, -0.15) is 0 Å². The van der Waals surface area contributed by atoms with Gasteiger partial charge >= 0.3 is 0 Å². The summed E-state index contributed by atoms with van der Waals surface area (Å²) in [5.74, 6) is 0.127. The highest BCUT2D eigenvalue weighted by molar-refractivity contribution is 7.13. The van der Waals surface area contributed by atoms with Crippen LogP contribution in [-0.4, -0.2) is 46.9 Å². The molecule has 2 heterocycles. The number of benzene rings is 2. The molecular formula is C22H22ClN3OS. The quantitative estimate of drug-likeness (QED) is 0.622. The van der Waals surface area contributed by atoms with Crippen LogP contribution in [0.5, 0.6) is 0 Å². The number of hydrogen-bond acceptors (Lipinski definition) is 4. The Morgan fingerprint density at radius 2 is 1.86 bits per heavy atom. The molecular weight excluding hydrogens is 390 g/mol. The third-order valence-electron chi connectivity index (χ3n) is 4.95. The number of rotatable bonds is 4. The van der Waals surface area contributed by atoms with Crippen LogP contribution in [-0.2, 0) is 6.54 Å². The Labute approximate surface area is 174 Å². The largest absolute Gasteiger partial charge is 0.336 e. The number of aromatic nitrogens is 1. The maximum atomic E-state index is 12.7. The van der Waals surface area contributed by atoms with Crippen molar-refractivity contribution in [1.29, 1.82) is 0 Å². The summed E-state index contributed by atoms with van der Waals surface area (Å²) in [7, 11) is 0. The van der Waals surface area contributed by atoms with Gasteiger partial charge in [-0.3, -0.25) is 9.69 Å². The predicted octanol–water partition coefficient (Wildman–Crippen LogP) is 4.73. The van der Waals surface area contributed by atoms with Gasteiger partial charge in [-0.05, 0) is 31.2 Å². The SMILES string of the molecule is Cc1cccc(C(=O)N2CCN(Cc3csc(-c4ccc(Cl)cc4)n3)CC2)c1. The van der Waals surface area contributed by atoms with Crippen molar-refractivity contribution in [3.63, 3.8) is 0 Å². The number of aryl methyl sites for hydroxylation is 1. The van der Waals surface area contributed by atoms with Crippen LogP contribution in [0.4, 0.5) is 0 Å². The van der Waals surface area contributed by atoms with Gasteiger partial charge in [-0.15, -0.1) is 11.3 Å². The van der Waals surface area contributed by atoms with Crippen molar-refractivity contribution in [2.45, 2.75) is 13.5 Å². The van der Waals surface area contributed by atoms with Gasteiger partial charge in [0.05, 0.1) is 5.69 Å². The van der Waals surface area contributed by atoms with E-state index in [1.165, 1.54) is 0 Å². The van der Waals surface area contributed by atoms with E-state index < -0.39 is 0 Å². The van der Waals surface area contributed by atoms with Crippen LogP contribution in [0.1, 0.15) is 21.6 Å². The average molecular weight is 412 g/mol. The summed E-state index contributed by atoms with van der Waals surface area (Å²) in [4.78, 5) is 21.8. The molecule has 0 spiro atoms. The number of nitrogens with zero attached hydrogens (tertiary/aromatic N) is 3. The van der Waals surface area contributed by atoms with Gasteiger partial charge in [0.25, 0.3) is 5.91 Å². The second-order valence-electron chi connectivity index (χ2n) is 7.09. The Bertz CT molecular complexity index is 962. The lowest BCUT2D eigenvalue weighted by molar-refractivity contribution is 0.0627. The van der Waals surface area contributed by atoms with E-state index in [2.05, 4.69) is 10.3 Å². The molecule has 6 heteroatoms. The number of carbonyl (C=O) groups is 1. The highest BCUT2D eigenvalue weighted by Crippen LogP contribution is 2.25. The molecule has 4 nitrogen and oxygen atoms in total. The molecule has 1 fully saturated rings. The van der Waals surface area contributed by atoms with Crippen molar-refractivity contribution >= 4 is 28.8 Å².